The third kappa shape index (κ3) is 3.06. The van der Waals surface area contributed by atoms with Gasteiger partial charge in [0.15, 0.2) is 0 Å². The van der Waals surface area contributed by atoms with Crippen molar-refractivity contribution in [2.75, 3.05) is 7.11 Å². The first kappa shape index (κ1) is 20.7. The predicted octanol–water partition coefficient (Wildman–Crippen LogP) is 5.57. The maximum atomic E-state index is 13.7. The second kappa shape index (κ2) is 6.65. The minimum absolute atomic E-state index is 0.195. The zero-order chi connectivity index (χ0) is 22.2. The molecule has 1 amide bonds. The minimum atomic E-state index is -0.392. The van der Waals surface area contributed by atoms with Crippen molar-refractivity contribution in [2.24, 2.45) is 10.8 Å². The number of ether oxygens (including phenoxy) is 1. The van der Waals surface area contributed by atoms with Crippen LogP contribution in [-0.4, -0.2) is 35.0 Å². The lowest BCUT2D eigenvalue weighted by Gasteiger charge is -2.63. The number of nitrogens with zero attached hydrogens (tertiary/aromatic N) is 2. The van der Waals surface area contributed by atoms with E-state index in [1.54, 1.807) is 7.11 Å². The van der Waals surface area contributed by atoms with Gasteiger partial charge in [-0.2, -0.15) is 5.26 Å². The lowest BCUT2D eigenvalue weighted by molar-refractivity contribution is -0.164. The van der Waals surface area contributed by atoms with Crippen LogP contribution in [-0.2, 0) is 10.2 Å². The molecular weight excluding hydrogens is 410 g/mol. The number of hydrogen-bond acceptors (Lipinski definition) is 3. The molecule has 3 heterocycles. The van der Waals surface area contributed by atoms with E-state index in [1.807, 2.05) is 18.3 Å². The van der Waals surface area contributed by atoms with Gasteiger partial charge in [-0.25, -0.2) is 0 Å². The average molecular weight is 440 g/mol. The summed E-state index contributed by atoms with van der Waals surface area (Å²) in [6.07, 6.45) is 7.09. The lowest BCUT2D eigenvalue weighted by Crippen LogP contribution is -2.66. The van der Waals surface area contributed by atoms with Crippen molar-refractivity contribution < 1.29 is 9.53 Å². The highest BCUT2D eigenvalue weighted by Crippen LogP contribution is 2.61. The van der Waals surface area contributed by atoms with Crippen LogP contribution in [0.15, 0.2) is 18.3 Å². The second-order valence-corrected chi connectivity index (χ2v) is 11.5. The van der Waals surface area contributed by atoms with Gasteiger partial charge in [-0.1, -0.05) is 32.4 Å². The molecule has 1 aromatic carbocycles. The molecule has 1 aromatic heterocycles. The van der Waals surface area contributed by atoms with Gasteiger partial charge in [0, 0.05) is 41.0 Å². The summed E-state index contributed by atoms with van der Waals surface area (Å²) in [4.78, 5) is 19.1. The summed E-state index contributed by atoms with van der Waals surface area (Å²) in [6.45, 7) is 6.53. The topological polar surface area (TPSA) is 69.1 Å². The number of rotatable bonds is 4. The van der Waals surface area contributed by atoms with Gasteiger partial charge in [0.2, 0.25) is 5.91 Å². The zero-order valence-corrected chi connectivity index (χ0v) is 19.5. The molecule has 31 heavy (non-hydrogen) atoms. The van der Waals surface area contributed by atoms with Crippen molar-refractivity contribution in [3.05, 3.63) is 28.9 Å². The smallest absolute Gasteiger partial charge is 0.223 e. The summed E-state index contributed by atoms with van der Waals surface area (Å²) in [6, 6.07) is 6.84. The largest absolute Gasteiger partial charge is 0.495 e. The molecule has 4 aliphatic rings. The molecule has 6 heteroatoms. The summed E-state index contributed by atoms with van der Waals surface area (Å²) < 4.78 is 5.41. The van der Waals surface area contributed by atoms with E-state index in [-0.39, 0.29) is 28.8 Å². The first-order chi connectivity index (χ1) is 14.6. The summed E-state index contributed by atoms with van der Waals surface area (Å²) in [5.74, 6) is 0.834. The number of H-pyrrole nitrogens is 1. The number of nitriles is 1. The highest BCUT2D eigenvalue weighted by molar-refractivity contribution is 6.37. The Kier molecular flexibility index (Phi) is 4.44. The molecular formula is C25H30ClN3O2. The summed E-state index contributed by atoms with van der Waals surface area (Å²) in [5.41, 5.74) is 1.56. The summed E-state index contributed by atoms with van der Waals surface area (Å²) in [7, 11) is 1.61. The van der Waals surface area contributed by atoms with Crippen LogP contribution >= 0.6 is 11.6 Å². The molecule has 0 spiro atoms. The van der Waals surface area contributed by atoms with Crippen molar-refractivity contribution in [3.63, 3.8) is 0 Å². The second-order valence-electron chi connectivity index (χ2n) is 11.1. The summed E-state index contributed by atoms with van der Waals surface area (Å²) >= 11 is 6.65. The van der Waals surface area contributed by atoms with Gasteiger partial charge in [0.1, 0.15) is 5.75 Å². The summed E-state index contributed by atoms with van der Waals surface area (Å²) in [5, 5.41) is 11.4. The molecule has 2 saturated heterocycles. The Morgan fingerprint density at radius 2 is 2.00 bits per heavy atom. The van der Waals surface area contributed by atoms with Crippen molar-refractivity contribution in [1.82, 2.24) is 9.88 Å². The lowest BCUT2D eigenvalue weighted by atomic mass is 9.50. The first-order valence-electron chi connectivity index (χ1n) is 11.2. The van der Waals surface area contributed by atoms with Gasteiger partial charge in [0.05, 0.1) is 23.6 Å². The normalized spacial score (nSPS) is 31.8. The van der Waals surface area contributed by atoms with Gasteiger partial charge in [-0.15, -0.1) is 0 Å². The standard InChI is InChI=1S/C25H30ClN3O2/c1-23(2,17-12-28-18-5-6-19(31-4)22(26)21(17)18)11-20(30)29-15-7-24(3)8-16(29)10-25(9-15,13-24)14-27/h5-6,12,15-16,28H,7-11,13H2,1-4H3. The molecule has 2 saturated carbocycles. The van der Waals surface area contributed by atoms with Crippen LogP contribution in [0.3, 0.4) is 0 Å². The average Bonchev–Trinajstić information content (AvgIpc) is 3.12. The van der Waals surface area contributed by atoms with Gasteiger partial charge in [-0.3, -0.25) is 4.79 Å². The van der Waals surface area contributed by atoms with E-state index in [2.05, 4.69) is 36.7 Å². The quantitative estimate of drug-likeness (QED) is 0.676. The number of carbonyl (C=O) groups is 1. The van der Waals surface area contributed by atoms with Crippen LogP contribution in [0.5, 0.6) is 5.75 Å². The van der Waals surface area contributed by atoms with E-state index in [0.29, 0.717) is 17.2 Å². The van der Waals surface area contributed by atoms with E-state index >= 15 is 0 Å². The van der Waals surface area contributed by atoms with E-state index in [4.69, 9.17) is 16.3 Å². The molecule has 2 aliphatic heterocycles. The number of hydrogen-bond donors (Lipinski definition) is 1. The van der Waals surface area contributed by atoms with E-state index in [9.17, 15) is 10.1 Å². The molecule has 2 aliphatic carbocycles. The van der Waals surface area contributed by atoms with Gasteiger partial charge < -0.3 is 14.6 Å². The highest BCUT2D eigenvalue weighted by Gasteiger charge is 2.60. The van der Waals surface area contributed by atoms with Gasteiger partial charge >= 0.3 is 0 Å². The first-order valence-corrected chi connectivity index (χ1v) is 11.5. The number of amides is 1. The molecule has 164 valence electrons. The van der Waals surface area contributed by atoms with Crippen LogP contribution in [0.1, 0.15) is 64.9 Å². The van der Waals surface area contributed by atoms with Crippen LogP contribution in [0.25, 0.3) is 10.9 Å². The Bertz CT molecular complexity index is 1100. The van der Waals surface area contributed by atoms with Crippen LogP contribution in [0.4, 0.5) is 0 Å². The Labute approximate surface area is 188 Å². The Balaban J connectivity index is 1.44. The monoisotopic (exact) mass is 439 g/mol. The third-order valence-electron chi connectivity index (χ3n) is 8.08. The number of aromatic nitrogens is 1. The Hall–Kier alpha value is -2.19. The Morgan fingerprint density at radius 3 is 2.61 bits per heavy atom. The van der Waals surface area contributed by atoms with Crippen LogP contribution in [0, 0.1) is 22.2 Å². The molecule has 2 aromatic rings. The van der Waals surface area contributed by atoms with Crippen LogP contribution in [0.2, 0.25) is 5.02 Å². The fraction of sp³-hybridized carbons (Fsp3) is 0.600. The molecule has 1 N–H and O–H groups in total. The van der Waals surface area contributed by atoms with Crippen molar-refractivity contribution in [3.8, 4) is 11.8 Å². The van der Waals surface area contributed by atoms with Gasteiger partial charge in [-0.05, 0) is 55.2 Å². The van der Waals surface area contributed by atoms with Crippen LogP contribution < -0.4 is 4.74 Å². The Morgan fingerprint density at radius 1 is 1.32 bits per heavy atom. The molecule has 0 radical (unpaired) electrons. The highest BCUT2D eigenvalue weighted by atomic mass is 35.5. The van der Waals surface area contributed by atoms with E-state index in [1.165, 1.54) is 0 Å². The maximum absolute atomic E-state index is 13.7. The number of nitrogens with one attached hydrogen (secondary N) is 1. The number of fused-ring (bicyclic) bond motifs is 1. The number of methoxy groups -OCH3 is 1. The zero-order valence-electron chi connectivity index (χ0n) is 18.7. The molecule has 5 nitrogen and oxygen atoms in total. The van der Waals surface area contributed by atoms with Crippen molar-refractivity contribution >= 4 is 28.4 Å². The molecule has 4 fully saturated rings. The van der Waals surface area contributed by atoms with E-state index in [0.717, 1.165) is 48.6 Å². The predicted molar refractivity (Wildman–Crippen MR) is 121 cm³/mol. The SMILES string of the molecule is COc1ccc2[nH]cc(C(C)(C)CC(=O)N3C4CC5(C)CC3CC(C#N)(C4)C5)c2c1Cl. The number of aromatic amines is 1. The maximum Gasteiger partial charge on any atom is 0.223 e. The fourth-order valence-electron chi connectivity index (χ4n) is 7.10. The third-order valence-corrected chi connectivity index (χ3v) is 8.45. The number of piperidine rings is 2. The molecule has 6 rings (SSSR count). The number of carbonyl (C=O) groups excluding carboxylic acids is 1. The number of benzene rings is 1. The minimum Gasteiger partial charge on any atom is -0.495 e. The van der Waals surface area contributed by atoms with Gasteiger partial charge in [0.25, 0.3) is 0 Å². The number of halogens is 1. The molecule has 2 atom stereocenters. The molecule has 4 bridgehead atoms. The van der Waals surface area contributed by atoms with Crippen molar-refractivity contribution in [1.29, 1.82) is 5.26 Å². The fourth-order valence-corrected chi connectivity index (χ4v) is 7.45. The molecule has 2 unspecified atom stereocenters. The van der Waals surface area contributed by atoms with Crippen molar-refractivity contribution in [2.45, 2.75) is 76.8 Å². The van der Waals surface area contributed by atoms with E-state index < -0.39 is 5.41 Å².